The molecule has 1 amide bonds. The Bertz CT molecular complexity index is 1340. The topological polar surface area (TPSA) is 171 Å². The van der Waals surface area contributed by atoms with Crippen LogP contribution in [-0.4, -0.2) is 88.7 Å². The summed E-state index contributed by atoms with van der Waals surface area (Å²) in [6.45, 7) is 5.14. The number of likely N-dealkylation sites (N-methyl/N-ethyl adjacent to an activating group) is 1. The third kappa shape index (κ3) is 8.66. The lowest BCUT2D eigenvalue weighted by Gasteiger charge is -2.25. The molecule has 2 heterocycles. The third-order valence-electron chi connectivity index (χ3n) is 5.96. The quantitative estimate of drug-likeness (QED) is 0.222. The maximum absolute atomic E-state index is 15.8. The number of carbonyl (C=O) groups is 2. The molecule has 16 heteroatoms. The second-order valence-corrected chi connectivity index (χ2v) is 12.1. The molecule has 1 fully saturated rings. The number of aliphatic hydroxyl groups is 1. The number of carbonyl (C=O) groups excluding carboxylic acids is 2. The summed E-state index contributed by atoms with van der Waals surface area (Å²) in [6.07, 6.45) is -4.15. The zero-order valence-electron chi connectivity index (χ0n) is 24.2. The van der Waals surface area contributed by atoms with Gasteiger partial charge in [0.25, 0.3) is 0 Å². The number of ether oxygens (including phenoxy) is 2. The largest absolute Gasteiger partial charge is 0.462 e. The van der Waals surface area contributed by atoms with E-state index in [-0.39, 0.29) is 18.1 Å². The standard InChI is InChI=1S/C26H37FN5O9P/c1-16(2)39-23(35)17(3)30-42(37,41-18-10-8-7-9-11-18)38-15-19-22(34)26(4,27)24(40-19)32-13-12-20(29-25(32)36)28-21(33)14-31(5)6/h7-13,16-17,19,22,24,34H,14-15H2,1-6H3,(H,30,37)(H,28,29,33,36)/t17-,19+,22+,24+,26+,42+/m0/s1. The number of nitrogens with zero attached hydrogens (tertiary/aromatic N) is 3. The number of benzene rings is 1. The van der Waals surface area contributed by atoms with Gasteiger partial charge in [0.05, 0.1) is 19.3 Å². The first kappa shape index (κ1) is 33.3. The van der Waals surface area contributed by atoms with Gasteiger partial charge >= 0.3 is 19.4 Å². The lowest BCUT2D eigenvalue weighted by molar-refractivity contribution is -0.149. The molecule has 0 bridgehead atoms. The molecule has 0 aliphatic carbocycles. The van der Waals surface area contributed by atoms with Crippen LogP contribution in [0.15, 0.2) is 47.4 Å². The molecule has 1 aromatic heterocycles. The van der Waals surface area contributed by atoms with Crippen molar-refractivity contribution in [2.24, 2.45) is 0 Å². The number of aliphatic hydroxyl groups excluding tert-OH is 1. The van der Waals surface area contributed by atoms with Crippen molar-refractivity contribution in [2.75, 3.05) is 32.6 Å². The second kappa shape index (κ2) is 13.8. The lowest BCUT2D eigenvalue weighted by Crippen LogP contribution is -2.43. The van der Waals surface area contributed by atoms with Crippen molar-refractivity contribution in [3.05, 3.63) is 53.1 Å². The van der Waals surface area contributed by atoms with Gasteiger partial charge in [0.2, 0.25) is 5.91 Å². The SMILES string of the molecule is CC(C)OC(=O)[C@H](C)N[P@@](=O)(OC[C@H]1O[C@@H](n2ccc(NC(=O)CN(C)C)nc2=O)[C@](C)(F)[C@@H]1O)Oc1ccccc1. The van der Waals surface area contributed by atoms with Crippen molar-refractivity contribution >= 4 is 25.4 Å². The summed E-state index contributed by atoms with van der Waals surface area (Å²) in [5, 5.41) is 15.7. The van der Waals surface area contributed by atoms with E-state index in [0.717, 1.165) is 11.5 Å². The van der Waals surface area contributed by atoms with Crippen LogP contribution < -0.4 is 20.6 Å². The summed E-state index contributed by atoms with van der Waals surface area (Å²) in [4.78, 5) is 42.4. The van der Waals surface area contributed by atoms with Crippen LogP contribution in [0, 0.1) is 0 Å². The number of nitrogens with one attached hydrogen (secondary N) is 2. The van der Waals surface area contributed by atoms with Gasteiger partial charge in [-0.15, -0.1) is 0 Å². The molecular formula is C26H37FN5O9P. The van der Waals surface area contributed by atoms with E-state index in [2.05, 4.69) is 15.4 Å². The van der Waals surface area contributed by atoms with Gasteiger partial charge in [0, 0.05) is 6.20 Å². The molecule has 2 aromatic rings. The van der Waals surface area contributed by atoms with Crippen molar-refractivity contribution in [3.63, 3.8) is 0 Å². The van der Waals surface area contributed by atoms with Gasteiger partial charge in [-0.05, 0) is 60.0 Å². The van der Waals surface area contributed by atoms with E-state index in [0.29, 0.717) is 0 Å². The fourth-order valence-corrected chi connectivity index (χ4v) is 5.49. The van der Waals surface area contributed by atoms with Crippen LogP contribution in [0.1, 0.15) is 33.9 Å². The molecule has 1 saturated heterocycles. The minimum Gasteiger partial charge on any atom is -0.462 e. The van der Waals surface area contributed by atoms with E-state index < -0.39 is 68.2 Å². The number of hydrogen-bond acceptors (Lipinski definition) is 11. The van der Waals surface area contributed by atoms with Crippen molar-refractivity contribution in [2.45, 2.75) is 63.9 Å². The Morgan fingerprint density at radius 3 is 2.50 bits per heavy atom. The van der Waals surface area contributed by atoms with Gasteiger partial charge in [-0.25, -0.2) is 13.8 Å². The number of anilines is 1. The minimum atomic E-state index is -4.34. The van der Waals surface area contributed by atoms with E-state index in [4.69, 9.17) is 18.5 Å². The van der Waals surface area contributed by atoms with E-state index in [1.54, 1.807) is 51.0 Å². The number of para-hydroxylation sites is 1. The predicted molar refractivity (Wildman–Crippen MR) is 150 cm³/mol. The number of aromatic nitrogens is 2. The number of esters is 1. The fraction of sp³-hybridized carbons (Fsp3) is 0.538. The monoisotopic (exact) mass is 613 g/mol. The van der Waals surface area contributed by atoms with Crippen LogP contribution in [0.2, 0.25) is 0 Å². The van der Waals surface area contributed by atoms with Crippen molar-refractivity contribution < 1.29 is 42.2 Å². The zero-order chi connectivity index (χ0) is 31.2. The van der Waals surface area contributed by atoms with E-state index in [9.17, 15) is 24.1 Å². The molecule has 232 valence electrons. The van der Waals surface area contributed by atoms with Crippen LogP contribution in [0.3, 0.4) is 0 Å². The average Bonchev–Trinajstić information content (AvgIpc) is 3.10. The first-order chi connectivity index (χ1) is 19.6. The lowest BCUT2D eigenvalue weighted by atomic mass is 9.98. The Morgan fingerprint density at radius 1 is 1.24 bits per heavy atom. The average molecular weight is 614 g/mol. The maximum Gasteiger partial charge on any atom is 0.459 e. The van der Waals surface area contributed by atoms with Crippen molar-refractivity contribution in [1.29, 1.82) is 0 Å². The number of halogens is 1. The Balaban J connectivity index is 1.77. The highest BCUT2D eigenvalue weighted by Crippen LogP contribution is 2.47. The van der Waals surface area contributed by atoms with Crippen LogP contribution in [0.25, 0.3) is 0 Å². The molecule has 1 aliphatic rings. The minimum absolute atomic E-state index is 0.0442. The van der Waals surface area contributed by atoms with Gasteiger partial charge in [-0.2, -0.15) is 10.1 Å². The molecular weight excluding hydrogens is 576 g/mol. The normalized spacial score (nSPS) is 24.3. The Hall–Kier alpha value is -3.20. The maximum atomic E-state index is 15.8. The molecule has 1 aliphatic heterocycles. The summed E-state index contributed by atoms with van der Waals surface area (Å²) < 4.78 is 52.2. The van der Waals surface area contributed by atoms with Gasteiger partial charge in [-0.1, -0.05) is 18.2 Å². The molecule has 0 radical (unpaired) electrons. The molecule has 1 aromatic carbocycles. The van der Waals surface area contributed by atoms with Crippen LogP contribution in [-0.2, 0) is 28.2 Å². The first-order valence-electron chi connectivity index (χ1n) is 13.1. The smallest absolute Gasteiger partial charge is 0.459 e. The third-order valence-corrected chi connectivity index (χ3v) is 7.61. The van der Waals surface area contributed by atoms with Gasteiger partial charge in [-0.3, -0.25) is 18.7 Å². The zero-order valence-corrected chi connectivity index (χ0v) is 25.1. The van der Waals surface area contributed by atoms with Crippen LogP contribution in [0.4, 0.5) is 10.2 Å². The Morgan fingerprint density at radius 2 is 1.90 bits per heavy atom. The number of alkyl halides is 1. The Kier molecular flexibility index (Phi) is 11.0. The van der Waals surface area contributed by atoms with Gasteiger partial charge in [0.15, 0.2) is 11.9 Å². The summed E-state index contributed by atoms with van der Waals surface area (Å²) in [7, 11) is -0.947. The number of hydrogen-bond donors (Lipinski definition) is 3. The molecule has 0 unspecified atom stereocenters. The van der Waals surface area contributed by atoms with E-state index in [1.165, 1.54) is 31.3 Å². The molecule has 0 spiro atoms. The second-order valence-electron chi connectivity index (χ2n) is 10.4. The van der Waals surface area contributed by atoms with Crippen LogP contribution >= 0.6 is 7.75 Å². The number of rotatable bonds is 13. The summed E-state index contributed by atoms with van der Waals surface area (Å²) in [5.74, 6) is -1.02. The molecule has 3 rings (SSSR count). The van der Waals surface area contributed by atoms with Crippen molar-refractivity contribution in [1.82, 2.24) is 19.5 Å². The summed E-state index contributed by atoms with van der Waals surface area (Å²) in [5.41, 5.74) is -3.46. The first-order valence-corrected chi connectivity index (χ1v) is 14.7. The van der Waals surface area contributed by atoms with Crippen molar-refractivity contribution in [3.8, 4) is 5.75 Å². The fourth-order valence-electron chi connectivity index (χ4n) is 3.99. The molecule has 0 saturated carbocycles. The van der Waals surface area contributed by atoms with Gasteiger partial charge in [0.1, 0.15) is 29.8 Å². The molecule has 14 nitrogen and oxygen atoms in total. The summed E-state index contributed by atoms with van der Waals surface area (Å²) in [6, 6.07) is 8.15. The van der Waals surface area contributed by atoms with E-state index >= 15 is 4.39 Å². The number of amides is 1. The van der Waals surface area contributed by atoms with Crippen LogP contribution in [0.5, 0.6) is 5.75 Å². The predicted octanol–water partition coefficient (Wildman–Crippen LogP) is 1.86. The highest BCUT2D eigenvalue weighted by Gasteiger charge is 2.56. The summed E-state index contributed by atoms with van der Waals surface area (Å²) >= 11 is 0. The highest BCUT2D eigenvalue weighted by molar-refractivity contribution is 7.52. The molecule has 3 N–H and O–H groups in total. The molecule has 42 heavy (non-hydrogen) atoms. The van der Waals surface area contributed by atoms with Gasteiger partial charge < -0.3 is 29.3 Å². The van der Waals surface area contributed by atoms with E-state index in [1.807, 2.05) is 0 Å². The molecule has 6 atom stereocenters. The Labute approximate surface area is 242 Å². The highest BCUT2D eigenvalue weighted by atomic mass is 31.2.